The zero-order chi connectivity index (χ0) is 16.6. The molecule has 0 unspecified atom stereocenters. The Kier molecular flexibility index (Phi) is 2.92. The van der Waals surface area contributed by atoms with Gasteiger partial charge >= 0.3 is 5.76 Å². The fraction of sp³-hybridized carbons (Fsp3) is 0.667. The first-order chi connectivity index (χ1) is 12.2. The number of piperidine rings is 1. The summed E-state index contributed by atoms with van der Waals surface area (Å²) < 4.78 is 5.41. The predicted octanol–water partition coefficient (Wildman–Crippen LogP) is 3.59. The monoisotopic (exact) mass is 338 g/mol. The number of hydrogen-bond donors (Lipinski definition) is 1. The lowest BCUT2D eigenvalue weighted by Gasteiger charge is -2.59. The van der Waals surface area contributed by atoms with Crippen LogP contribution in [0.25, 0.3) is 11.1 Å². The molecule has 2 saturated carbocycles. The summed E-state index contributed by atoms with van der Waals surface area (Å²) >= 11 is 0. The minimum absolute atomic E-state index is 0.326. The zero-order valence-corrected chi connectivity index (χ0v) is 14.7. The second-order valence-corrected chi connectivity index (χ2v) is 8.99. The predicted molar refractivity (Wildman–Crippen MR) is 96.9 cm³/mol. The molecule has 1 aromatic heterocycles. The van der Waals surface area contributed by atoms with Crippen LogP contribution < -0.4 is 5.76 Å². The van der Waals surface area contributed by atoms with Gasteiger partial charge in [0.05, 0.1) is 5.52 Å². The molecular formula is C21H26N2O2. The lowest BCUT2D eigenvalue weighted by Crippen LogP contribution is -2.61. The standard InChI is InChI=1S/C21H26N2O2/c24-20-22-17-9-14-10-18-15-3-1-2-6-21(15,16(14)11-19(17)25-20)7-8-23(18)12-13-4-5-13/h9,11,13,15,18H,1-8,10,12H2,(H,22,24)/t15-,18+,21+/m0/s1. The van der Waals surface area contributed by atoms with Gasteiger partial charge in [0.2, 0.25) is 0 Å². The number of oxazole rings is 1. The molecule has 1 N–H and O–H groups in total. The Morgan fingerprint density at radius 1 is 1.20 bits per heavy atom. The van der Waals surface area contributed by atoms with Crippen molar-refractivity contribution in [3.05, 3.63) is 33.8 Å². The second-order valence-electron chi connectivity index (χ2n) is 8.99. The SMILES string of the molecule is O=c1[nH]c2cc3c(cc2o1)[C@@]12CCCC[C@H]1[C@@H](C3)N(CC1CC1)CC2. The molecule has 3 fully saturated rings. The maximum atomic E-state index is 11.7. The van der Waals surface area contributed by atoms with Gasteiger partial charge in [-0.25, -0.2) is 4.79 Å². The summed E-state index contributed by atoms with van der Waals surface area (Å²) in [5, 5.41) is 0. The molecule has 4 nitrogen and oxygen atoms in total. The van der Waals surface area contributed by atoms with Gasteiger partial charge in [-0.3, -0.25) is 9.88 Å². The topological polar surface area (TPSA) is 49.2 Å². The number of rotatable bonds is 2. The van der Waals surface area contributed by atoms with E-state index in [1.807, 2.05) is 0 Å². The number of likely N-dealkylation sites (tertiary alicyclic amines) is 1. The van der Waals surface area contributed by atoms with E-state index in [0.717, 1.165) is 29.4 Å². The van der Waals surface area contributed by atoms with Gasteiger partial charge in [0.15, 0.2) is 5.58 Å². The Bertz CT molecular complexity index is 893. The summed E-state index contributed by atoms with van der Waals surface area (Å²) in [5.74, 6) is 1.43. The fourth-order valence-corrected chi connectivity index (χ4v) is 6.40. The molecule has 1 aromatic carbocycles. The molecule has 3 aliphatic carbocycles. The maximum Gasteiger partial charge on any atom is 0.417 e. The molecule has 2 bridgehead atoms. The third kappa shape index (κ3) is 2.06. The molecule has 1 aliphatic heterocycles. The van der Waals surface area contributed by atoms with Crippen molar-refractivity contribution >= 4 is 11.1 Å². The summed E-state index contributed by atoms with van der Waals surface area (Å²) in [7, 11) is 0. The van der Waals surface area contributed by atoms with Crippen molar-refractivity contribution in [1.29, 1.82) is 0 Å². The van der Waals surface area contributed by atoms with E-state index >= 15 is 0 Å². The molecule has 25 heavy (non-hydrogen) atoms. The largest absolute Gasteiger partial charge is 0.417 e. The van der Waals surface area contributed by atoms with Crippen LogP contribution >= 0.6 is 0 Å². The van der Waals surface area contributed by atoms with E-state index in [1.165, 1.54) is 69.2 Å². The van der Waals surface area contributed by atoms with Crippen LogP contribution in [0.1, 0.15) is 56.1 Å². The molecule has 6 rings (SSSR count). The van der Waals surface area contributed by atoms with Crippen LogP contribution in [0.15, 0.2) is 21.3 Å². The number of nitrogens with one attached hydrogen (secondary N) is 1. The Hall–Kier alpha value is -1.55. The van der Waals surface area contributed by atoms with E-state index in [0.29, 0.717) is 11.5 Å². The molecule has 3 atom stereocenters. The van der Waals surface area contributed by atoms with Crippen molar-refractivity contribution < 1.29 is 4.42 Å². The van der Waals surface area contributed by atoms with Gasteiger partial charge in [0, 0.05) is 18.0 Å². The first-order valence-electron chi connectivity index (χ1n) is 10.1. The van der Waals surface area contributed by atoms with E-state index in [-0.39, 0.29) is 5.76 Å². The Morgan fingerprint density at radius 2 is 2.12 bits per heavy atom. The van der Waals surface area contributed by atoms with Crippen molar-refractivity contribution in [3.63, 3.8) is 0 Å². The number of benzene rings is 1. The van der Waals surface area contributed by atoms with Gasteiger partial charge in [-0.05, 0) is 80.2 Å². The van der Waals surface area contributed by atoms with E-state index in [4.69, 9.17) is 4.42 Å². The number of nitrogens with zero attached hydrogens (tertiary/aromatic N) is 1. The molecular weight excluding hydrogens is 312 g/mol. The highest BCUT2D eigenvalue weighted by molar-refractivity contribution is 5.75. The second kappa shape index (κ2) is 5.00. The first kappa shape index (κ1) is 14.6. The van der Waals surface area contributed by atoms with Crippen molar-refractivity contribution in [2.45, 2.75) is 62.8 Å². The van der Waals surface area contributed by atoms with Gasteiger partial charge in [-0.2, -0.15) is 0 Å². The zero-order valence-electron chi connectivity index (χ0n) is 14.7. The average Bonchev–Trinajstić information content (AvgIpc) is 3.35. The molecule has 1 saturated heterocycles. The summed E-state index contributed by atoms with van der Waals surface area (Å²) in [5.41, 5.74) is 4.94. The normalized spacial score (nSPS) is 34.7. The first-order valence-corrected chi connectivity index (χ1v) is 10.1. The van der Waals surface area contributed by atoms with Crippen LogP contribution in [0.2, 0.25) is 0 Å². The van der Waals surface area contributed by atoms with Gasteiger partial charge < -0.3 is 4.42 Å². The number of hydrogen-bond acceptors (Lipinski definition) is 3. The molecule has 0 amide bonds. The highest BCUT2D eigenvalue weighted by atomic mass is 16.4. The van der Waals surface area contributed by atoms with E-state index < -0.39 is 0 Å². The molecule has 0 radical (unpaired) electrons. The van der Waals surface area contributed by atoms with Crippen LogP contribution in [0, 0.1) is 11.8 Å². The van der Waals surface area contributed by atoms with Crippen LogP contribution in [-0.4, -0.2) is 29.0 Å². The lowest BCUT2D eigenvalue weighted by molar-refractivity contribution is -0.0133. The molecule has 2 aromatic rings. The Balaban J connectivity index is 1.51. The quantitative estimate of drug-likeness (QED) is 0.910. The summed E-state index contributed by atoms with van der Waals surface area (Å²) in [6.45, 7) is 2.57. The Morgan fingerprint density at radius 3 is 3.00 bits per heavy atom. The lowest BCUT2D eigenvalue weighted by atomic mass is 9.52. The number of aromatic nitrogens is 1. The van der Waals surface area contributed by atoms with Gasteiger partial charge in [0.25, 0.3) is 0 Å². The van der Waals surface area contributed by atoms with Crippen molar-refractivity contribution in [1.82, 2.24) is 9.88 Å². The summed E-state index contributed by atoms with van der Waals surface area (Å²) in [4.78, 5) is 17.4. The third-order valence-electron chi connectivity index (χ3n) is 7.68. The number of fused-ring (bicyclic) bond motifs is 2. The van der Waals surface area contributed by atoms with Crippen LogP contribution in [0.5, 0.6) is 0 Å². The molecule has 2 heterocycles. The van der Waals surface area contributed by atoms with Crippen molar-refractivity contribution in [3.8, 4) is 0 Å². The van der Waals surface area contributed by atoms with Gasteiger partial charge in [-0.1, -0.05) is 12.8 Å². The molecule has 132 valence electrons. The highest BCUT2D eigenvalue weighted by Crippen LogP contribution is 2.56. The minimum Gasteiger partial charge on any atom is -0.408 e. The van der Waals surface area contributed by atoms with Crippen LogP contribution in [0.3, 0.4) is 0 Å². The van der Waals surface area contributed by atoms with E-state index in [9.17, 15) is 4.79 Å². The van der Waals surface area contributed by atoms with Crippen LogP contribution in [-0.2, 0) is 11.8 Å². The van der Waals surface area contributed by atoms with E-state index in [2.05, 4.69) is 22.0 Å². The van der Waals surface area contributed by atoms with Gasteiger partial charge in [0.1, 0.15) is 0 Å². The Labute approximate surface area is 147 Å². The van der Waals surface area contributed by atoms with E-state index in [1.54, 1.807) is 0 Å². The minimum atomic E-state index is -0.326. The molecule has 4 aliphatic rings. The molecule has 0 spiro atoms. The van der Waals surface area contributed by atoms with Crippen molar-refractivity contribution in [2.24, 2.45) is 11.8 Å². The number of H-pyrrole nitrogens is 1. The highest BCUT2D eigenvalue weighted by Gasteiger charge is 2.54. The molecule has 4 heteroatoms. The van der Waals surface area contributed by atoms with Crippen LogP contribution in [0.4, 0.5) is 0 Å². The maximum absolute atomic E-state index is 11.7. The van der Waals surface area contributed by atoms with Gasteiger partial charge in [-0.15, -0.1) is 0 Å². The fourth-order valence-electron chi connectivity index (χ4n) is 6.40. The summed E-state index contributed by atoms with van der Waals surface area (Å²) in [6.07, 6.45) is 10.7. The average molecular weight is 338 g/mol. The van der Waals surface area contributed by atoms with Crippen molar-refractivity contribution in [2.75, 3.05) is 13.1 Å². The third-order valence-corrected chi connectivity index (χ3v) is 7.68. The number of aromatic amines is 1. The summed E-state index contributed by atoms with van der Waals surface area (Å²) in [6, 6.07) is 5.14. The smallest absolute Gasteiger partial charge is 0.408 e.